The summed E-state index contributed by atoms with van der Waals surface area (Å²) in [6.07, 6.45) is 3.21. The van der Waals surface area contributed by atoms with Crippen molar-refractivity contribution in [2.75, 3.05) is 0 Å². The van der Waals surface area contributed by atoms with Gasteiger partial charge in [-0.25, -0.2) is 4.79 Å². The molecule has 0 saturated carbocycles. The van der Waals surface area contributed by atoms with Crippen LogP contribution in [0.4, 0.5) is 0 Å². The van der Waals surface area contributed by atoms with Gasteiger partial charge in [-0.1, -0.05) is 48.5 Å². The van der Waals surface area contributed by atoms with Gasteiger partial charge >= 0.3 is 5.97 Å². The van der Waals surface area contributed by atoms with Gasteiger partial charge in [0.15, 0.2) is 0 Å². The molecule has 0 aromatic heterocycles. The van der Waals surface area contributed by atoms with E-state index < -0.39 is 5.97 Å². The molecule has 2 aliphatic heterocycles. The number of hydrogen-bond donors (Lipinski definition) is 2. The number of hydrogen-bond acceptors (Lipinski definition) is 3. The molecular weight excluding hydrogens is 302 g/mol. The number of carboxylic acids is 1. The highest BCUT2D eigenvalue weighted by Gasteiger charge is 2.45. The number of benzene rings is 2. The van der Waals surface area contributed by atoms with Crippen molar-refractivity contribution in [3.8, 4) is 0 Å². The minimum Gasteiger partial charge on any atom is -0.478 e. The molecule has 0 amide bonds. The van der Waals surface area contributed by atoms with E-state index in [1.54, 1.807) is 0 Å². The highest BCUT2D eigenvalue weighted by Crippen LogP contribution is 2.47. The van der Waals surface area contributed by atoms with Gasteiger partial charge in [-0.3, -0.25) is 10.1 Å². The number of rotatable bonds is 2. The number of carboxylic acid groups (broad SMARTS) is 1. The molecule has 0 unspecified atom stereocenters. The van der Waals surface area contributed by atoms with Crippen LogP contribution in [0.3, 0.4) is 0 Å². The maximum Gasteiger partial charge on any atom is 0.328 e. The van der Waals surface area contributed by atoms with Crippen molar-refractivity contribution in [3.05, 3.63) is 82.9 Å². The third-order valence-corrected chi connectivity index (χ3v) is 4.64. The summed E-state index contributed by atoms with van der Waals surface area (Å²) in [6.45, 7) is 2.31. The zero-order valence-corrected chi connectivity index (χ0v) is 13.4. The van der Waals surface area contributed by atoms with E-state index in [1.165, 1.54) is 22.3 Å². The van der Waals surface area contributed by atoms with Crippen LogP contribution in [0.5, 0.6) is 0 Å². The van der Waals surface area contributed by atoms with Crippen LogP contribution in [0.2, 0.25) is 0 Å². The Balaban J connectivity index is 0.000000209. The monoisotopic (exact) mass is 321 g/mol. The first-order valence-electron chi connectivity index (χ1n) is 7.86. The van der Waals surface area contributed by atoms with Crippen LogP contribution >= 0.6 is 0 Å². The van der Waals surface area contributed by atoms with Crippen LogP contribution in [0, 0.1) is 0 Å². The second kappa shape index (κ2) is 6.42. The molecule has 4 rings (SSSR count). The van der Waals surface area contributed by atoms with Crippen LogP contribution in [0.1, 0.15) is 35.2 Å². The third-order valence-electron chi connectivity index (χ3n) is 4.64. The predicted molar refractivity (Wildman–Crippen MR) is 91.8 cm³/mol. The van der Waals surface area contributed by atoms with Gasteiger partial charge in [0.25, 0.3) is 0 Å². The number of aliphatic carboxylic acids is 1. The second-order valence-electron chi connectivity index (χ2n) is 6.10. The Hall–Kier alpha value is -2.72. The number of fused-ring (bicyclic) bond motifs is 7. The fourth-order valence-electron chi connectivity index (χ4n) is 3.67. The van der Waals surface area contributed by atoms with Gasteiger partial charge in [0.1, 0.15) is 6.29 Å². The molecule has 0 spiro atoms. The third kappa shape index (κ3) is 2.76. The van der Waals surface area contributed by atoms with Crippen molar-refractivity contribution in [1.82, 2.24) is 5.32 Å². The molecule has 2 aliphatic rings. The lowest BCUT2D eigenvalue weighted by Crippen LogP contribution is -2.41. The molecule has 0 saturated heterocycles. The van der Waals surface area contributed by atoms with E-state index in [0.717, 1.165) is 18.6 Å². The molecule has 2 heterocycles. The first kappa shape index (κ1) is 16.1. The molecule has 0 aliphatic carbocycles. The summed E-state index contributed by atoms with van der Waals surface area (Å²) >= 11 is 0. The van der Waals surface area contributed by atoms with Gasteiger partial charge in [-0.05, 0) is 41.7 Å². The fraction of sp³-hybridized carbons (Fsp3) is 0.200. The van der Waals surface area contributed by atoms with Gasteiger partial charge < -0.3 is 5.11 Å². The van der Waals surface area contributed by atoms with E-state index in [2.05, 4.69) is 60.8 Å². The molecule has 0 fully saturated rings. The van der Waals surface area contributed by atoms with Crippen molar-refractivity contribution in [2.45, 2.75) is 24.9 Å². The first-order valence-corrected chi connectivity index (χ1v) is 7.86. The number of carbonyl (C=O) groups is 2. The maximum absolute atomic E-state index is 9.51. The lowest BCUT2D eigenvalue weighted by atomic mass is 9.82. The van der Waals surface area contributed by atoms with Crippen LogP contribution in [-0.4, -0.2) is 17.4 Å². The molecular formula is C20H19NO3. The van der Waals surface area contributed by atoms with E-state index in [4.69, 9.17) is 5.11 Å². The molecule has 4 nitrogen and oxygen atoms in total. The molecule has 2 aromatic carbocycles. The number of allylic oxidation sites excluding steroid dienone is 1. The lowest BCUT2D eigenvalue weighted by molar-refractivity contribution is -0.131. The van der Waals surface area contributed by atoms with Gasteiger partial charge in [0.2, 0.25) is 0 Å². The van der Waals surface area contributed by atoms with Crippen molar-refractivity contribution in [1.29, 1.82) is 0 Å². The minimum absolute atomic E-state index is 0.0100. The van der Waals surface area contributed by atoms with Crippen molar-refractivity contribution >= 4 is 12.3 Å². The van der Waals surface area contributed by atoms with Crippen molar-refractivity contribution in [2.24, 2.45) is 0 Å². The Bertz CT molecular complexity index is 799. The minimum atomic E-state index is -1.10. The molecule has 2 aromatic rings. The summed E-state index contributed by atoms with van der Waals surface area (Å²) in [5.74, 6) is -1.10. The first-order chi connectivity index (χ1) is 11.6. The van der Waals surface area contributed by atoms with Gasteiger partial charge in [-0.2, -0.15) is 0 Å². The average molecular weight is 321 g/mol. The molecule has 122 valence electrons. The Morgan fingerprint density at radius 2 is 1.83 bits per heavy atom. The normalized spacial score (nSPS) is 23.0. The Labute approximate surface area is 140 Å². The summed E-state index contributed by atoms with van der Waals surface area (Å²) in [4.78, 5) is 18.9. The fourth-order valence-corrected chi connectivity index (χ4v) is 3.67. The molecule has 24 heavy (non-hydrogen) atoms. The lowest BCUT2D eigenvalue weighted by Gasteiger charge is -2.34. The molecule has 4 heteroatoms. The summed E-state index contributed by atoms with van der Waals surface area (Å²) in [5, 5.41) is 11.6. The number of nitrogens with one attached hydrogen (secondary N) is 1. The molecule has 2 atom stereocenters. The van der Waals surface area contributed by atoms with Crippen molar-refractivity contribution in [3.63, 3.8) is 0 Å². The predicted octanol–water partition coefficient (Wildman–Crippen LogP) is 2.98. The van der Waals surface area contributed by atoms with E-state index in [-0.39, 0.29) is 5.54 Å². The molecule has 0 radical (unpaired) electrons. The number of aldehydes is 1. The Kier molecular flexibility index (Phi) is 4.32. The summed E-state index contributed by atoms with van der Waals surface area (Å²) in [7, 11) is 0. The zero-order valence-electron chi connectivity index (χ0n) is 13.4. The van der Waals surface area contributed by atoms with Crippen LogP contribution in [0.15, 0.2) is 60.7 Å². The van der Waals surface area contributed by atoms with E-state index in [1.807, 2.05) is 0 Å². The highest BCUT2D eigenvalue weighted by atomic mass is 16.4. The van der Waals surface area contributed by atoms with E-state index >= 15 is 0 Å². The zero-order chi connectivity index (χ0) is 17.2. The quantitative estimate of drug-likeness (QED) is 0.659. The second-order valence-corrected chi connectivity index (χ2v) is 6.10. The van der Waals surface area contributed by atoms with E-state index in [9.17, 15) is 9.59 Å². The molecule has 2 bridgehead atoms. The maximum atomic E-state index is 9.51. The number of carbonyl (C=O) groups excluding carboxylic acids is 1. The summed E-state index contributed by atoms with van der Waals surface area (Å²) < 4.78 is 0. The van der Waals surface area contributed by atoms with Crippen molar-refractivity contribution < 1.29 is 14.7 Å². The average Bonchev–Trinajstić information content (AvgIpc) is 2.83. The standard InChI is InChI=1S/C16H15N.C4H4O3/c1-16-13-8-4-2-6-11(13)10-15(17-16)12-7-3-5-9-14(12)16;5-3-1-2-4(6)7/h2-9,15,17H,10H2,1H3;1-3H,(H,6,7)/b;2-1-/t15-,16+;/m1./s1. The van der Waals surface area contributed by atoms with Gasteiger partial charge in [0, 0.05) is 12.1 Å². The van der Waals surface area contributed by atoms with Gasteiger partial charge in [-0.15, -0.1) is 0 Å². The van der Waals surface area contributed by atoms with Gasteiger partial charge in [0.05, 0.1) is 5.54 Å². The smallest absolute Gasteiger partial charge is 0.328 e. The SMILES string of the molecule is C[C@]12N[C@H](Cc3ccccc31)c1ccccc12.O=C/C=C\C(=O)O. The Morgan fingerprint density at radius 1 is 1.17 bits per heavy atom. The van der Waals surface area contributed by atoms with Crippen LogP contribution in [-0.2, 0) is 21.5 Å². The van der Waals surface area contributed by atoms with Crippen LogP contribution < -0.4 is 5.32 Å². The largest absolute Gasteiger partial charge is 0.478 e. The van der Waals surface area contributed by atoms with Crippen LogP contribution in [0.25, 0.3) is 0 Å². The Morgan fingerprint density at radius 3 is 2.50 bits per heavy atom. The van der Waals surface area contributed by atoms with E-state index in [0.29, 0.717) is 12.3 Å². The molecule has 2 N–H and O–H groups in total. The summed E-state index contributed by atoms with van der Waals surface area (Å²) in [5.41, 5.74) is 5.88. The summed E-state index contributed by atoms with van der Waals surface area (Å²) in [6, 6.07) is 18.2. The highest BCUT2D eigenvalue weighted by molar-refractivity contribution is 5.84. The topological polar surface area (TPSA) is 66.4 Å².